The van der Waals surface area contributed by atoms with Gasteiger partial charge < -0.3 is 20.9 Å². The van der Waals surface area contributed by atoms with Crippen molar-refractivity contribution in [1.29, 1.82) is 0 Å². The molecule has 0 aliphatic rings. The number of ether oxygens (including phenoxy) is 1. The summed E-state index contributed by atoms with van der Waals surface area (Å²) in [4.78, 5) is 12.0. The molecule has 0 bridgehead atoms. The van der Waals surface area contributed by atoms with E-state index in [1.165, 1.54) is 19.2 Å². The van der Waals surface area contributed by atoms with Crippen LogP contribution >= 0.6 is 11.6 Å². The van der Waals surface area contributed by atoms with Crippen molar-refractivity contribution < 1.29 is 14.6 Å². The highest BCUT2D eigenvalue weighted by molar-refractivity contribution is 6.33. The van der Waals surface area contributed by atoms with Crippen LogP contribution in [0.25, 0.3) is 0 Å². The van der Waals surface area contributed by atoms with E-state index in [9.17, 15) is 4.79 Å². The number of nitrogens with two attached hydrogens (primary N) is 1. The minimum absolute atomic E-state index is 0.118. The average Bonchev–Trinajstić information content (AvgIpc) is 2.38. The van der Waals surface area contributed by atoms with Crippen LogP contribution < -0.4 is 15.8 Å². The molecule has 0 aromatic heterocycles. The second-order valence-electron chi connectivity index (χ2n) is 3.84. The zero-order valence-corrected chi connectivity index (χ0v) is 11.1. The smallest absolute Gasteiger partial charge is 0.255 e. The van der Waals surface area contributed by atoms with E-state index in [2.05, 4.69) is 5.32 Å². The van der Waals surface area contributed by atoms with Crippen LogP contribution in [0.3, 0.4) is 0 Å². The fourth-order valence-corrected chi connectivity index (χ4v) is 1.62. The van der Waals surface area contributed by atoms with Crippen LogP contribution in [0.1, 0.15) is 23.7 Å². The molecule has 0 aliphatic heterocycles. The number of nitrogens with one attached hydrogen (secondary N) is 1. The Morgan fingerprint density at radius 1 is 1.61 bits per heavy atom. The number of anilines is 1. The zero-order valence-electron chi connectivity index (χ0n) is 10.4. The number of amides is 1. The van der Waals surface area contributed by atoms with Gasteiger partial charge in [0.2, 0.25) is 0 Å². The standard InChI is InChI=1S/C12H17ClN2O3/c1-3-7(6-16)15-12(17)8-4-9(13)10(14)5-11(8)18-2/h4-5,7,16H,3,6,14H2,1-2H3,(H,15,17). The number of halogens is 1. The predicted octanol–water partition coefficient (Wildman–Crippen LogP) is 1.43. The first-order valence-electron chi connectivity index (χ1n) is 5.58. The minimum atomic E-state index is -0.352. The monoisotopic (exact) mass is 272 g/mol. The Balaban J connectivity index is 3.01. The van der Waals surface area contributed by atoms with Crippen molar-refractivity contribution in [2.75, 3.05) is 19.5 Å². The second-order valence-corrected chi connectivity index (χ2v) is 4.24. The molecule has 100 valence electrons. The van der Waals surface area contributed by atoms with Crippen LogP contribution in [0.15, 0.2) is 12.1 Å². The molecule has 0 heterocycles. The number of methoxy groups -OCH3 is 1. The van der Waals surface area contributed by atoms with Gasteiger partial charge in [0, 0.05) is 6.07 Å². The summed E-state index contributed by atoms with van der Waals surface area (Å²) in [5.41, 5.74) is 6.28. The van der Waals surface area contributed by atoms with Gasteiger partial charge in [-0.25, -0.2) is 0 Å². The quantitative estimate of drug-likeness (QED) is 0.708. The molecule has 0 aliphatic carbocycles. The lowest BCUT2D eigenvalue weighted by Crippen LogP contribution is -2.37. The van der Waals surface area contributed by atoms with Crippen molar-refractivity contribution >= 4 is 23.2 Å². The molecular formula is C12H17ClN2O3. The summed E-state index contributed by atoms with van der Waals surface area (Å²) in [6, 6.07) is 2.66. The molecule has 5 nitrogen and oxygen atoms in total. The molecule has 0 fully saturated rings. The average molecular weight is 273 g/mol. The number of nitrogen functional groups attached to an aromatic ring is 1. The predicted molar refractivity (Wildman–Crippen MR) is 71.0 cm³/mol. The van der Waals surface area contributed by atoms with E-state index in [-0.39, 0.29) is 23.6 Å². The maximum atomic E-state index is 12.0. The first-order chi connectivity index (χ1) is 8.53. The lowest BCUT2D eigenvalue weighted by Gasteiger charge is -2.16. The lowest BCUT2D eigenvalue weighted by atomic mass is 10.1. The summed E-state index contributed by atoms with van der Waals surface area (Å²) in [6.45, 7) is 1.75. The molecule has 4 N–H and O–H groups in total. The number of hydrogen-bond acceptors (Lipinski definition) is 4. The first-order valence-corrected chi connectivity index (χ1v) is 5.96. The highest BCUT2D eigenvalue weighted by Crippen LogP contribution is 2.28. The van der Waals surface area contributed by atoms with Crippen LogP contribution in [0.4, 0.5) is 5.69 Å². The topological polar surface area (TPSA) is 84.6 Å². The van der Waals surface area contributed by atoms with Gasteiger partial charge >= 0.3 is 0 Å². The molecule has 1 atom stereocenters. The van der Waals surface area contributed by atoms with Crippen LogP contribution in [0.5, 0.6) is 5.75 Å². The number of aliphatic hydroxyl groups is 1. The summed E-state index contributed by atoms with van der Waals surface area (Å²) >= 11 is 5.88. The SMILES string of the molecule is CCC(CO)NC(=O)c1cc(Cl)c(N)cc1OC. The van der Waals surface area contributed by atoms with E-state index in [0.717, 1.165) is 0 Å². The molecule has 0 saturated heterocycles. The minimum Gasteiger partial charge on any atom is -0.496 e. The Kier molecular flexibility index (Phi) is 5.25. The number of carbonyl (C=O) groups is 1. The maximum absolute atomic E-state index is 12.0. The van der Waals surface area contributed by atoms with Crippen LogP contribution in [0, 0.1) is 0 Å². The normalized spacial score (nSPS) is 12.0. The largest absolute Gasteiger partial charge is 0.496 e. The Bertz CT molecular complexity index is 434. The summed E-state index contributed by atoms with van der Waals surface area (Å²) in [6.07, 6.45) is 0.632. The molecular weight excluding hydrogens is 256 g/mol. The third-order valence-electron chi connectivity index (χ3n) is 2.61. The van der Waals surface area contributed by atoms with Gasteiger partial charge in [-0.05, 0) is 12.5 Å². The second kappa shape index (κ2) is 6.47. The summed E-state index contributed by atoms with van der Waals surface area (Å²) in [7, 11) is 1.45. The Morgan fingerprint density at radius 2 is 2.28 bits per heavy atom. The molecule has 1 aromatic rings. The molecule has 6 heteroatoms. The van der Waals surface area contributed by atoms with Gasteiger partial charge in [-0.1, -0.05) is 18.5 Å². The third-order valence-corrected chi connectivity index (χ3v) is 2.94. The number of benzene rings is 1. The van der Waals surface area contributed by atoms with Crippen molar-refractivity contribution in [2.45, 2.75) is 19.4 Å². The van der Waals surface area contributed by atoms with E-state index < -0.39 is 0 Å². The van der Waals surface area contributed by atoms with E-state index in [0.29, 0.717) is 23.4 Å². The molecule has 0 saturated carbocycles. The Morgan fingerprint density at radius 3 is 2.78 bits per heavy atom. The lowest BCUT2D eigenvalue weighted by molar-refractivity contribution is 0.0912. The van der Waals surface area contributed by atoms with Crippen molar-refractivity contribution in [3.63, 3.8) is 0 Å². The highest BCUT2D eigenvalue weighted by atomic mass is 35.5. The molecule has 1 unspecified atom stereocenters. The van der Waals surface area contributed by atoms with E-state index in [1.807, 2.05) is 6.92 Å². The van der Waals surface area contributed by atoms with Gasteiger partial charge in [0.05, 0.1) is 36.0 Å². The maximum Gasteiger partial charge on any atom is 0.255 e. The van der Waals surface area contributed by atoms with Crippen LogP contribution in [0.2, 0.25) is 5.02 Å². The molecule has 1 rings (SSSR count). The van der Waals surface area contributed by atoms with Crippen molar-refractivity contribution in [2.24, 2.45) is 0 Å². The van der Waals surface area contributed by atoms with Crippen LogP contribution in [-0.4, -0.2) is 30.8 Å². The molecule has 18 heavy (non-hydrogen) atoms. The fourth-order valence-electron chi connectivity index (χ4n) is 1.46. The summed E-state index contributed by atoms with van der Waals surface area (Å²) in [5, 5.41) is 12.0. The summed E-state index contributed by atoms with van der Waals surface area (Å²) in [5.74, 6) is -0.00292. The third kappa shape index (κ3) is 3.27. The zero-order chi connectivity index (χ0) is 13.7. The van der Waals surface area contributed by atoms with Gasteiger partial charge in [-0.2, -0.15) is 0 Å². The van der Waals surface area contributed by atoms with Gasteiger partial charge in [0.25, 0.3) is 5.91 Å². The van der Waals surface area contributed by atoms with Crippen molar-refractivity contribution in [3.05, 3.63) is 22.7 Å². The van der Waals surface area contributed by atoms with Gasteiger partial charge in [0.15, 0.2) is 0 Å². The molecule has 0 spiro atoms. The highest BCUT2D eigenvalue weighted by Gasteiger charge is 2.17. The van der Waals surface area contributed by atoms with E-state index in [1.54, 1.807) is 0 Å². The van der Waals surface area contributed by atoms with Crippen molar-refractivity contribution in [3.8, 4) is 5.75 Å². The number of rotatable bonds is 5. The van der Waals surface area contributed by atoms with Gasteiger partial charge in [-0.3, -0.25) is 4.79 Å². The van der Waals surface area contributed by atoms with E-state index in [4.69, 9.17) is 27.2 Å². The van der Waals surface area contributed by atoms with Gasteiger partial charge in [-0.15, -0.1) is 0 Å². The molecule has 1 aromatic carbocycles. The number of aliphatic hydroxyl groups excluding tert-OH is 1. The Hall–Kier alpha value is -1.46. The van der Waals surface area contributed by atoms with Crippen LogP contribution in [-0.2, 0) is 0 Å². The first kappa shape index (κ1) is 14.6. The van der Waals surface area contributed by atoms with Crippen molar-refractivity contribution in [1.82, 2.24) is 5.32 Å². The summed E-state index contributed by atoms with van der Waals surface area (Å²) < 4.78 is 5.09. The van der Waals surface area contributed by atoms with E-state index >= 15 is 0 Å². The number of hydrogen-bond donors (Lipinski definition) is 3. The van der Waals surface area contributed by atoms with Gasteiger partial charge in [0.1, 0.15) is 5.75 Å². The number of carbonyl (C=O) groups excluding carboxylic acids is 1. The Labute approximate surface area is 111 Å². The molecule has 1 amide bonds. The molecule has 0 radical (unpaired) electrons. The fraction of sp³-hybridized carbons (Fsp3) is 0.417.